The molecule has 0 spiro atoms. The number of amides is 2. The highest BCUT2D eigenvalue weighted by molar-refractivity contribution is 14.1. The molecule has 1 fully saturated rings. The van der Waals surface area contributed by atoms with E-state index in [4.69, 9.17) is 0 Å². The Labute approximate surface area is 122 Å². The lowest BCUT2D eigenvalue weighted by molar-refractivity contribution is 0.133. The first-order valence-corrected chi connectivity index (χ1v) is 7.51. The average molecular weight is 358 g/mol. The fourth-order valence-electron chi connectivity index (χ4n) is 2.56. The van der Waals surface area contributed by atoms with Gasteiger partial charge in [0, 0.05) is 15.7 Å². The molecule has 1 saturated heterocycles. The number of benzene rings is 1. The first-order chi connectivity index (χ1) is 8.59. The molecule has 1 aromatic rings. The second-order valence-corrected chi connectivity index (χ2v) is 6.11. The predicted molar refractivity (Wildman–Crippen MR) is 82.8 cm³/mol. The highest BCUT2D eigenvalue weighted by Crippen LogP contribution is 2.24. The summed E-state index contributed by atoms with van der Waals surface area (Å²) in [5.74, 6) is 0. The van der Waals surface area contributed by atoms with Gasteiger partial charge in [-0.3, -0.25) is 0 Å². The third kappa shape index (κ3) is 2.96. The van der Waals surface area contributed by atoms with Gasteiger partial charge in [-0.2, -0.15) is 0 Å². The van der Waals surface area contributed by atoms with E-state index in [1.165, 1.54) is 6.42 Å². The fraction of sp³-hybridized carbons (Fsp3) is 0.500. The number of likely N-dealkylation sites (tertiary alicyclic amines) is 1. The van der Waals surface area contributed by atoms with Crippen LogP contribution < -0.4 is 5.32 Å². The highest BCUT2D eigenvalue weighted by Gasteiger charge is 2.29. The number of rotatable bonds is 1. The van der Waals surface area contributed by atoms with Gasteiger partial charge in [-0.05, 0) is 67.8 Å². The molecule has 0 radical (unpaired) electrons. The highest BCUT2D eigenvalue weighted by atomic mass is 127. The largest absolute Gasteiger partial charge is 0.322 e. The van der Waals surface area contributed by atoms with Gasteiger partial charge < -0.3 is 10.2 Å². The minimum absolute atomic E-state index is 0.0267. The van der Waals surface area contributed by atoms with Crippen LogP contribution in [0.1, 0.15) is 33.1 Å². The lowest BCUT2D eigenvalue weighted by Gasteiger charge is -2.38. The summed E-state index contributed by atoms with van der Waals surface area (Å²) in [5, 5.41) is 3.02. The molecule has 1 aromatic carbocycles. The quantitative estimate of drug-likeness (QED) is 0.754. The van der Waals surface area contributed by atoms with Crippen molar-refractivity contribution in [3.8, 4) is 0 Å². The average Bonchev–Trinajstić information content (AvgIpc) is 2.32. The number of carbonyl (C=O) groups excluding carboxylic acids is 1. The molecule has 2 unspecified atom stereocenters. The summed E-state index contributed by atoms with van der Waals surface area (Å²) in [4.78, 5) is 14.3. The van der Waals surface area contributed by atoms with Gasteiger partial charge in [0.25, 0.3) is 0 Å². The Hall–Kier alpha value is -0.780. The number of hydrogen-bond donors (Lipinski definition) is 1. The molecule has 0 aliphatic carbocycles. The van der Waals surface area contributed by atoms with Gasteiger partial charge in [-0.1, -0.05) is 12.1 Å². The van der Waals surface area contributed by atoms with E-state index in [-0.39, 0.29) is 6.03 Å². The van der Waals surface area contributed by atoms with Crippen LogP contribution in [0.5, 0.6) is 0 Å². The first-order valence-electron chi connectivity index (χ1n) is 6.43. The second-order valence-electron chi connectivity index (χ2n) is 4.95. The zero-order valence-electron chi connectivity index (χ0n) is 10.8. The molecule has 1 aliphatic rings. The lowest BCUT2D eigenvalue weighted by atomic mass is 9.98. The Morgan fingerprint density at radius 2 is 1.89 bits per heavy atom. The summed E-state index contributed by atoms with van der Waals surface area (Å²) in [6.45, 7) is 4.26. The molecule has 2 amide bonds. The minimum atomic E-state index is 0.0267. The third-order valence-electron chi connectivity index (χ3n) is 3.54. The second kappa shape index (κ2) is 5.91. The van der Waals surface area contributed by atoms with E-state index < -0.39 is 0 Å². The van der Waals surface area contributed by atoms with Crippen molar-refractivity contribution in [2.45, 2.75) is 45.2 Å². The number of nitrogens with zero attached hydrogens (tertiary/aromatic N) is 1. The van der Waals surface area contributed by atoms with E-state index in [1.54, 1.807) is 0 Å². The van der Waals surface area contributed by atoms with Gasteiger partial charge >= 0.3 is 6.03 Å². The van der Waals surface area contributed by atoms with Crippen LogP contribution in [0, 0.1) is 3.57 Å². The van der Waals surface area contributed by atoms with Gasteiger partial charge in [0.15, 0.2) is 0 Å². The normalized spacial score (nSPS) is 23.8. The molecule has 2 atom stereocenters. The van der Waals surface area contributed by atoms with Crippen molar-refractivity contribution >= 4 is 34.3 Å². The van der Waals surface area contributed by atoms with Crippen molar-refractivity contribution in [1.29, 1.82) is 0 Å². The minimum Gasteiger partial charge on any atom is -0.319 e. The Bertz CT molecular complexity index is 426. The monoisotopic (exact) mass is 358 g/mol. The molecule has 1 heterocycles. The molecule has 18 heavy (non-hydrogen) atoms. The van der Waals surface area contributed by atoms with E-state index in [2.05, 4.69) is 41.8 Å². The maximum Gasteiger partial charge on any atom is 0.322 e. The summed E-state index contributed by atoms with van der Waals surface area (Å²) in [5.41, 5.74) is 0.896. The summed E-state index contributed by atoms with van der Waals surface area (Å²) in [6, 6.07) is 8.55. The Morgan fingerprint density at radius 1 is 1.28 bits per heavy atom. The van der Waals surface area contributed by atoms with Crippen LogP contribution >= 0.6 is 22.6 Å². The molecule has 1 aliphatic heterocycles. The van der Waals surface area contributed by atoms with Crippen LogP contribution in [-0.4, -0.2) is 23.0 Å². The zero-order valence-corrected chi connectivity index (χ0v) is 13.0. The van der Waals surface area contributed by atoms with Crippen molar-refractivity contribution in [1.82, 2.24) is 4.90 Å². The lowest BCUT2D eigenvalue weighted by Crippen LogP contribution is -2.49. The van der Waals surface area contributed by atoms with Crippen molar-refractivity contribution in [3.63, 3.8) is 0 Å². The van der Waals surface area contributed by atoms with Gasteiger partial charge in [-0.15, -0.1) is 0 Å². The Balaban J connectivity index is 2.09. The topological polar surface area (TPSA) is 32.3 Å². The number of piperidine rings is 1. The molecule has 0 aromatic heterocycles. The van der Waals surface area contributed by atoms with Crippen LogP contribution in [0.15, 0.2) is 24.3 Å². The summed E-state index contributed by atoms with van der Waals surface area (Å²) in [7, 11) is 0. The van der Waals surface area contributed by atoms with Crippen LogP contribution in [0.2, 0.25) is 0 Å². The van der Waals surface area contributed by atoms with E-state index in [1.807, 2.05) is 29.2 Å². The van der Waals surface area contributed by atoms with E-state index >= 15 is 0 Å². The Kier molecular flexibility index (Phi) is 4.48. The number of hydrogen-bond acceptors (Lipinski definition) is 1. The molecular formula is C14H19IN2O. The smallest absolute Gasteiger partial charge is 0.319 e. The third-order valence-corrected chi connectivity index (χ3v) is 4.48. The van der Waals surface area contributed by atoms with Gasteiger partial charge in [-0.25, -0.2) is 4.79 Å². The molecule has 3 nitrogen and oxygen atoms in total. The SMILES string of the molecule is CC1CCCC(C)N1C(=O)Nc1ccccc1I. The molecule has 4 heteroatoms. The van der Waals surface area contributed by atoms with Crippen molar-refractivity contribution < 1.29 is 4.79 Å². The first kappa shape index (κ1) is 13.6. The maximum absolute atomic E-state index is 12.4. The van der Waals surface area contributed by atoms with Crippen molar-refractivity contribution in [2.75, 3.05) is 5.32 Å². The van der Waals surface area contributed by atoms with E-state index in [0.717, 1.165) is 22.1 Å². The number of anilines is 1. The Morgan fingerprint density at radius 3 is 2.50 bits per heavy atom. The number of carbonyl (C=O) groups is 1. The number of para-hydroxylation sites is 1. The number of urea groups is 1. The van der Waals surface area contributed by atoms with Crippen LogP contribution in [-0.2, 0) is 0 Å². The molecule has 0 bridgehead atoms. The summed E-state index contributed by atoms with van der Waals surface area (Å²) < 4.78 is 1.07. The van der Waals surface area contributed by atoms with Crippen molar-refractivity contribution in [2.24, 2.45) is 0 Å². The maximum atomic E-state index is 12.4. The van der Waals surface area contributed by atoms with E-state index in [9.17, 15) is 4.79 Å². The summed E-state index contributed by atoms with van der Waals surface area (Å²) in [6.07, 6.45) is 3.42. The van der Waals surface area contributed by atoms with Crippen LogP contribution in [0.3, 0.4) is 0 Å². The molecular weight excluding hydrogens is 339 g/mol. The standard InChI is InChI=1S/C14H19IN2O/c1-10-6-5-7-11(2)17(10)14(18)16-13-9-4-3-8-12(13)15/h3-4,8-11H,5-7H2,1-2H3,(H,16,18). The van der Waals surface area contributed by atoms with Crippen LogP contribution in [0.25, 0.3) is 0 Å². The number of nitrogens with one attached hydrogen (secondary N) is 1. The van der Waals surface area contributed by atoms with Gasteiger partial charge in [0.05, 0.1) is 5.69 Å². The molecule has 1 N–H and O–H groups in total. The fourth-order valence-corrected chi connectivity index (χ4v) is 3.09. The number of halogens is 1. The molecule has 0 saturated carbocycles. The predicted octanol–water partition coefficient (Wildman–Crippen LogP) is 4.09. The van der Waals surface area contributed by atoms with Crippen molar-refractivity contribution in [3.05, 3.63) is 27.8 Å². The van der Waals surface area contributed by atoms with Crippen LogP contribution in [0.4, 0.5) is 10.5 Å². The van der Waals surface area contributed by atoms with E-state index in [0.29, 0.717) is 12.1 Å². The summed E-state index contributed by atoms with van der Waals surface area (Å²) >= 11 is 2.24. The molecule has 98 valence electrons. The zero-order chi connectivity index (χ0) is 13.1. The molecule has 2 rings (SSSR count). The van der Waals surface area contributed by atoms with Gasteiger partial charge in [0.1, 0.15) is 0 Å². The van der Waals surface area contributed by atoms with Gasteiger partial charge in [0.2, 0.25) is 0 Å².